The van der Waals surface area contributed by atoms with Crippen LogP contribution >= 0.6 is 0 Å². The Morgan fingerprint density at radius 2 is 2.13 bits per heavy atom. The van der Waals surface area contributed by atoms with Crippen molar-refractivity contribution in [3.05, 3.63) is 11.8 Å². The van der Waals surface area contributed by atoms with Crippen LogP contribution in [-0.2, 0) is 16.1 Å². The molecule has 1 aromatic rings. The average molecular weight is 320 g/mol. The van der Waals surface area contributed by atoms with Crippen molar-refractivity contribution >= 4 is 5.97 Å². The van der Waals surface area contributed by atoms with Gasteiger partial charge in [-0.15, -0.1) is 10.2 Å². The molecule has 1 aliphatic carbocycles. The molecular formula is C16H24N4O3. The Hall–Kier alpha value is -1.47. The van der Waals surface area contributed by atoms with E-state index in [0.717, 1.165) is 31.8 Å². The number of cyclic esters (lactones) is 1. The van der Waals surface area contributed by atoms with Gasteiger partial charge < -0.3 is 9.15 Å². The molecule has 7 nitrogen and oxygen atoms in total. The number of carbonyl (C=O) groups excluding carboxylic acids is 1. The summed E-state index contributed by atoms with van der Waals surface area (Å²) in [4.78, 5) is 16.4. The molecule has 0 aromatic carbocycles. The minimum absolute atomic E-state index is 0.0449. The second-order valence-electron chi connectivity index (χ2n) is 7.16. The van der Waals surface area contributed by atoms with Crippen molar-refractivity contribution in [2.24, 2.45) is 0 Å². The van der Waals surface area contributed by atoms with Crippen molar-refractivity contribution in [1.29, 1.82) is 0 Å². The number of hydrogen-bond donors (Lipinski definition) is 0. The zero-order valence-corrected chi connectivity index (χ0v) is 13.8. The summed E-state index contributed by atoms with van der Waals surface area (Å²) in [5.41, 5.74) is 0. The third-order valence-corrected chi connectivity index (χ3v) is 5.20. The molecule has 1 aromatic heterocycles. The van der Waals surface area contributed by atoms with Gasteiger partial charge in [0.1, 0.15) is 12.1 Å². The summed E-state index contributed by atoms with van der Waals surface area (Å²) in [6.45, 7) is 4.47. The first-order valence-corrected chi connectivity index (χ1v) is 8.57. The van der Waals surface area contributed by atoms with Crippen molar-refractivity contribution in [2.75, 3.05) is 20.1 Å². The van der Waals surface area contributed by atoms with E-state index in [-0.39, 0.29) is 18.1 Å². The van der Waals surface area contributed by atoms with E-state index in [1.807, 2.05) is 6.92 Å². The van der Waals surface area contributed by atoms with Crippen LogP contribution in [0.25, 0.3) is 0 Å². The molecule has 2 aliphatic heterocycles. The van der Waals surface area contributed by atoms with E-state index in [0.29, 0.717) is 24.4 Å². The Bertz CT molecular complexity index is 586. The highest BCUT2D eigenvalue weighted by molar-refractivity contribution is 5.78. The van der Waals surface area contributed by atoms with E-state index in [1.165, 1.54) is 12.8 Å². The monoisotopic (exact) mass is 320 g/mol. The lowest BCUT2D eigenvalue weighted by atomic mass is 10.1. The van der Waals surface area contributed by atoms with Gasteiger partial charge in [-0.25, -0.2) is 0 Å². The normalized spacial score (nSPS) is 32.0. The molecule has 1 saturated carbocycles. The number of hydrogen-bond acceptors (Lipinski definition) is 7. The van der Waals surface area contributed by atoms with Gasteiger partial charge in [0.2, 0.25) is 11.8 Å². The fraction of sp³-hybridized carbons (Fsp3) is 0.812. The molecule has 0 amide bonds. The van der Waals surface area contributed by atoms with Crippen LogP contribution < -0.4 is 0 Å². The van der Waals surface area contributed by atoms with E-state index in [4.69, 9.17) is 9.15 Å². The average Bonchev–Trinajstić information content (AvgIpc) is 2.94. The molecule has 2 saturated heterocycles. The SMILES string of the molecule is C[C@@H]1C[C@H](N2CC[C@@H](N(C)Cc3nnc(C4CC4)o3)C2)C(=O)O1. The molecular weight excluding hydrogens is 296 g/mol. The second-order valence-corrected chi connectivity index (χ2v) is 7.16. The van der Waals surface area contributed by atoms with E-state index in [2.05, 4.69) is 27.0 Å². The summed E-state index contributed by atoms with van der Waals surface area (Å²) in [5.74, 6) is 1.93. The summed E-state index contributed by atoms with van der Waals surface area (Å²) in [7, 11) is 2.09. The van der Waals surface area contributed by atoms with Crippen LogP contribution in [0.4, 0.5) is 0 Å². The Kier molecular flexibility index (Phi) is 3.85. The third kappa shape index (κ3) is 3.12. The molecule has 3 heterocycles. The maximum absolute atomic E-state index is 11.9. The molecule has 7 heteroatoms. The zero-order valence-electron chi connectivity index (χ0n) is 13.8. The van der Waals surface area contributed by atoms with Crippen LogP contribution in [0.15, 0.2) is 4.42 Å². The summed E-state index contributed by atoms with van der Waals surface area (Å²) in [6, 6.07) is 0.350. The molecule has 126 valence electrons. The van der Waals surface area contributed by atoms with Crippen LogP contribution in [0.2, 0.25) is 0 Å². The summed E-state index contributed by atoms with van der Waals surface area (Å²) in [5, 5.41) is 8.30. The predicted molar refractivity (Wildman–Crippen MR) is 81.7 cm³/mol. The topological polar surface area (TPSA) is 71.7 Å². The van der Waals surface area contributed by atoms with E-state index in [1.54, 1.807) is 0 Å². The lowest BCUT2D eigenvalue weighted by Gasteiger charge is -2.24. The predicted octanol–water partition coefficient (Wildman–Crippen LogP) is 1.16. The number of likely N-dealkylation sites (N-methyl/N-ethyl adjacent to an activating group) is 1. The second kappa shape index (κ2) is 5.87. The fourth-order valence-electron chi connectivity index (χ4n) is 3.61. The first-order valence-electron chi connectivity index (χ1n) is 8.57. The largest absolute Gasteiger partial charge is 0.461 e. The van der Waals surface area contributed by atoms with Crippen molar-refractivity contribution in [1.82, 2.24) is 20.0 Å². The van der Waals surface area contributed by atoms with Gasteiger partial charge in [0.05, 0.1) is 6.54 Å². The third-order valence-electron chi connectivity index (χ3n) is 5.20. The summed E-state index contributed by atoms with van der Waals surface area (Å²) < 4.78 is 11.0. The lowest BCUT2D eigenvalue weighted by molar-refractivity contribution is -0.144. The maximum Gasteiger partial charge on any atom is 0.323 e. The first-order chi connectivity index (χ1) is 11.1. The summed E-state index contributed by atoms with van der Waals surface area (Å²) >= 11 is 0. The van der Waals surface area contributed by atoms with Gasteiger partial charge in [0, 0.05) is 31.5 Å². The number of esters is 1. The van der Waals surface area contributed by atoms with Crippen LogP contribution in [0.5, 0.6) is 0 Å². The Labute approximate surface area is 136 Å². The lowest BCUT2D eigenvalue weighted by Crippen LogP contribution is -2.40. The smallest absolute Gasteiger partial charge is 0.323 e. The molecule has 23 heavy (non-hydrogen) atoms. The highest BCUT2D eigenvalue weighted by Crippen LogP contribution is 2.39. The minimum atomic E-state index is -0.0632. The molecule has 0 bridgehead atoms. The highest BCUT2D eigenvalue weighted by atomic mass is 16.6. The number of ether oxygens (including phenoxy) is 1. The van der Waals surface area contributed by atoms with E-state index >= 15 is 0 Å². The number of nitrogens with zero attached hydrogens (tertiary/aromatic N) is 4. The first kappa shape index (κ1) is 15.1. The van der Waals surface area contributed by atoms with Crippen molar-refractivity contribution in [2.45, 2.75) is 63.3 Å². The highest BCUT2D eigenvalue weighted by Gasteiger charge is 2.40. The van der Waals surface area contributed by atoms with Gasteiger partial charge >= 0.3 is 5.97 Å². The number of likely N-dealkylation sites (tertiary alicyclic amines) is 1. The molecule has 3 fully saturated rings. The fourth-order valence-corrected chi connectivity index (χ4v) is 3.61. The van der Waals surface area contributed by atoms with Crippen LogP contribution in [-0.4, -0.2) is 64.3 Å². The summed E-state index contributed by atoms with van der Waals surface area (Å²) in [6.07, 6.45) is 4.25. The molecule has 0 radical (unpaired) electrons. The Morgan fingerprint density at radius 1 is 1.30 bits per heavy atom. The van der Waals surface area contributed by atoms with Gasteiger partial charge in [-0.1, -0.05) is 0 Å². The van der Waals surface area contributed by atoms with E-state index < -0.39 is 0 Å². The maximum atomic E-state index is 11.9. The van der Waals surface area contributed by atoms with Crippen molar-refractivity contribution in [3.8, 4) is 0 Å². The van der Waals surface area contributed by atoms with Gasteiger partial charge in [-0.3, -0.25) is 14.6 Å². The molecule has 3 aliphatic rings. The molecule has 3 atom stereocenters. The van der Waals surface area contributed by atoms with Gasteiger partial charge in [0.15, 0.2) is 0 Å². The molecule has 0 spiro atoms. The Balaban J connectivity index is 1.32. The van der Waals surface area contributed by atoms with Gasteiger partial charge in [0.25, 0.3) is 0 Å². The standard InChI is InChI=1S/C16H24N4O3/c1-10-7-13(16(21)22-10)20-6-5-12(8-20)19(2)9-14-17-18-15(23-14)11-3-4-11/h10-13H,3-9H2,1-2H3/t10-,12-,13+/m1/s1. The number of aromatic nitrogens is 2. The molecule has 0 unspecified atom stereocenters. The van der Waals surface area contributed by atoms with Gasteiger partial charge in [-0.05, 0) is 33.2 Å². The zero-order chi connectivity index (χ0) is 16.0. The Morgan fingerprint density at radius 3 is 2.83 bits per heavy atom. The molecule has 0 N–H and O–H groups in total. The van der Waals surface area contributed by atoms with Crippen LogP contribution in [0.3, 0.4) is 0 Å². The molecule has 4 rings (SSSR count). The van der Waals surface area contributed by atoms with Crippen LogP contribution in [0.1, 0.15) is 50.3 Å². The van der Waals surface area contributed by atoms with Crippen LogP contribution in [0, 0.1) is 0 Å². The van der Waals surface area contributed by atoms with Crippen molar-refractivity contribution in [3.63, 3.8) is 0 Å². The van der Waals surface area contributed by atoms with Gasteiger partial charge in [-0.2, -0.15) is 0 Å². The van der Waals surface area contributed by atoms with Crippen molar-refractivity contribution < 1.29 is 13.9 Å². The number of rotatable bonds is 5. The quantitative estimate of drug-likeness (QED) is 0.754. The van der Waals surface area contributed by atoms with E-state index in [9.17, 15) is 4.79 Å². The number of carbonyl (C=O) groups is 1. The minimum Gasteiger partial charge on any atom is -0.461 e.